The Balaban J connectivity index is 2.33. The highest BCUT2D eigenvalue weighted by atomic mass is 35.5. The lowest BCUT2D eigenvalue weighted by Crippen LogP contribution is -2.26. The molecule has 2 rings (SSSR count). The fourth-order valence-corrected chi connectivity index (χ4v) is 2.35. The molecule has 0 radical (unpaired) electrons. The molecule has 0 amide bonds. The van der Waals surface area contributed by atoms with Crippen LogP contribution < -0.4 is 9.47 Å². The zero-order valence-electron chi connectivity index (χ0n) is 11.5. The average molecular weight is 283 g/mol. The van der Waals surface area contributed by atoms with E-state index in [1.807, 2.05) is 13.0 Å². The molecule has 19 heavy (non-hydrogen) atoms. The van der Waals surface area contributed by atoms with Gasteiger partial charge in [0.2, 0.25) is 0 Å². The van der Waals surface area contributed by atoms with Gasteiger partial charge in [0.1, 0.15) is 6.29 Å². The van der Waals surface area contributed by atoms with Crippen LogP contribution in [0.1, 0.15) is 38.7 Å². The van der Waals surface area contributed by atoms with E-state index in [0.717, 1.165) is 11.8 Å². The van der Waals surface area contributed by atoms with Crippen LogP contribution in [0.2, 0.25) is 5.02 Å². The van der Waals surface area contributed by atoms with E-state index in [9.17, 15) is 4.79 Å². The molecule has 1 unspecified atom stereocenters. The fourth-order valence-electron chi connectivity index (χ4n) is 2.01. The molecule has 1 aromatic rings. The Morgan fingerprint density at radius 1 is 1.32 bits per heavy atom. The van der Waals surface area contributed by atoms with E-state index in [1.54, 1.807) is 6.07 Å². The third kappa shape index (κ3) is 3.21. The first-order chi connectivity index (χ1) is 8.93. The van der Waals surface area contributed by atoms with E-state index >= 15 is 0 Å². The maximum absolute atomic E-state index is 10.6. The number of carbonyl (C=O) groups excluding carboxylic acids is 1. The summed E-state index contributed by atoms with van der Waals surface area (Å²) in [6.07, 6.45) is 1.36. The Bertz CT molecular complexity index is 483. The van der Waals surface area contributed by atoms with Gasteiger partial charge >= 0.3 is 0 Å². The quantitative estimate of drug-likeness (QED) is 0.791. The summed E-state index contributed by atoms with van der Waals surface area (Å²) >= 11 is 6.26. The van der Waals surface area contributed by atoms with Crippen molar-refractivity contribution in [2.24, 2.45) is 5.41 Å². The van der Waals surface area contributed by atoms with Gasteiger partial charge in [0.25, 0.3) is 0 Å². The van der Waals surface area contributed by atoms with Crippen molar-refractivity contribution in [3.05, 3.63) is 22.7 Å². The van der Waals surface area contributed by atoms with Crippen molar-refractivity contribution >= 4 is 17.9 Å². The molecule has 0 bridgehead atoms. The average Bonchev–Trinajstić information content (AvgIpc) is 2.48. The zero-order chi connectivity index (χ0) is 14.0. The fraction of sp³-hybridized carbons (Fsp3) is 0.533. The first-order valence-corrected chi connectivity index (χ1v) is 6.83. The summed E-state index contributed by atoms with van der Waals surface area (Å²) in [6, 6.07) is 3.68. The molecule has 0 aromatic heterocycles. The minimum Gasteiger partial charge on any atom is -0.489 e. The molecule has 0 fully saturated rings. The Labute approximate surface area is 118 Å². The first kappa shape index (κ1) is 14.2. The highest BCUT2D eigenvalue weighted by Gasteiger charge is 2.26. The summed E-state index contributed by atoms with van der Waals surface area (Å²) in [4.78, 5) is 10.6. The molecule has 0 aliphatic carbocycles. The van der Waals surface area contributed by atoms with E-state index in [0.29, 0.717) is 36.2 Å². The number of fused-ring (bicyclic) bond motifs is 1. The SMILES string of the molecule is CC(CC=O)c1cc2c(cc1Cl)OCC(C)(C)CO2. The Kier molecular flexibility index (Phi) is 4.04. The van der Waals surface area contributed by atoms with Gasteiger partial charge in [-0.25, -0.2) is 0 Å². The molecule has 0 N–H and O–H groups in total. The van der Waals surface area contributed by atoms with E-state index in [2.05, 4.69) is 13.8 Å². The summed E-state index contributed by atoms with van der Waals surface area (Å²) < 4.78 is 11.6. The predicted molar refractivity (Wildman–Crippen MR) is 75.3 cm³/mol. The minimum atomic E-state index is -0.0277. The molecule has 3 nitrogen and oxygen atoms in total. The number of halogens is 1. The number of ether oxygens (including phenoxy) is 2. The Hall–Kier alpha value is -1.22. The maximum atomic E-state index is 10.6. The van der Waals surface area contributed by atoms with Gasteiger partial charge in [0.05, 0.1) is 13.2 Å². The van der Waals surface area contributed by atoms with Gasteiger partial charge in [-0.3, -0.25) is 0 Å². The maximum Gasteiger partial charge on any atom is 0.162 e. The van der Waals surface area contributed by atoms with Crippen LogP contribution in [0.3, 0.4) is 0 Å². The molecule has 1 atom stereocenters. The second kappa shape index (κ2) is 5.41. The summed E-state index contributed by atoms with van der Waals surface area (Å²) in [5.74, 6) is 1.47. The molecule has 1 aliphatic heterocycles. The van der Waals surface area contributed by atoms with Crippen molar-refractivity contribution in [1.29, 1.82) is 0 Å². The zero-order valence-corrected chi connectivity index (χ0v) is 12.3. The summed E-state index contributed by atoms with van der Waals surface area (Å²) in [6.45, 7) is 7.36. The second-order valence-corrected chi connectivity index (χ2v) is 6.27. The molecule has 1 aromatic carbocycles. The Morgan fingerprint density at radius 3 is 2.47 bits per heavy atom. The van der Waals surface area contributed by atoms with Crippen molar-refractivity contribution in [3.8, 4) is 11.5 Å². The largest absolute Gasteiger partial charge is 0.489 e. The lowest BCUT2D eigenvalue weighted by molar-refractivity contribution is -0.108. The molecular formula is C15H19ClO3. The van der Waals surface area contributed by atoms with E-state index < -0.39 is 0 Å². The van der Waals surface area contributed by atoms with Crippen molar-refractivity contribution in [2.45, 2.75) is 33.1 Å². The normalized spacial score (nSPS) is 18.5. The van der Waals surface area contributed by atoms with Crippen LogP contribution in [0.25, 0.3) is 0 Å². The molecular weight excluding hydrogens is 264 g/mol. The number of carbonyl (C=O) groups is 1. The molecule has 1 aliphatic rings. The van der Waals surface area contributed by atoms with Gasteiger partial charge in [-0.1, -0.05) is 32.4 Å². The highest BCUT2D eigenvalue weighted by molar-refractivity contribution is 6.31. The van der Waals surface area contributed by atoms with Crippen LogP contribution in [0.4, 0.5) is 0 Å². The number of aldehydes is 1. The van der Waals surface area contributed by atoms with Gasteiger partial charge < -0.3 is 14.3 Å². The molecule has 4 heteroatoms. The van der Waals surface area contributed by atoms with E-state index in [4.69, 9.17) is 21.1 Å². The molecule has 104 valence electrons. The topological polar surface area (TPSA) is 35.5 Å². The molecule has 0 saturated heterocycles. The number of hydrogen-bond donors (Lipinski definition) is 0. The summed E-state index contributed by atoms with van der Waals surface area (Å²) in [5, 5.41) is 0.622. The van der Waals surface area contributed by atoms with E-state index in [-0.39, 0.29) is 11.3 Å². The standard InChI is InChI=1S/C15H19ClO3/c1-10(4-5-17)11-6-13-14(7-12(11)16)19-9-15(2,3)8-18-13/h5-7,10H,4,8-9H2,1-3H3. The number of rotatable bonds is 3. The van der Waals surface area contributed by atoms with Gasteiger partial charge in [0.15, 0.2) is 11.5 Å². The van der Waals surface area contributed by atoms with Crippen LogP contribution in [0.5, 0.6) is 11.5 Å². The van der Waals surface area contributed by atoms with Crippen molar-refractivity contribution in [2.75, 3.05) is 13.2 Å². The third-order valence-corrected chi connectivity index (χ3v) is 3.61. The van der Waals surface area contributed by atoms with Crippen LogP contribution in [-0.2, 0) is 4.79 Å². The van der Waals surface area contributed by atoms with Crippen LogP contribution in [0.15, 0.2) is 12.1 Å². The summed E-state index contributed by atoms with van der Waals surface area (Å²) in [5.41, 5.74) is 0.899. The predicted octanol–water partition coefficient (Wildman–Crippen LogP) is 3.83. The summed E-state index contributed by atoms with van der Waals surface area (Å²) in [7, 11) is 0. The smallest absolute Gasteiger partial charge is 0.162 e. The van der Waals surface area contributed by atoms with E-state index in [1.165, 1.54) is 0 Å². The first-order valence-electron chi connectivity index (χ1n) is 6.45. The van der Waals surface area contributed by atoms with Crippen LogP contribution in [-0.4, -0.2) is 19.5 Å². The van der Waals surface area contributed by atoms with Crippen LogP contribution >= 0.6 is 11.6 Å². The van der Waals surface area contributed by atoms with Gasteiger partial charge in [-0.15, -0.1) is 0 Å². The van der Waals surface area contributed by atoms with Crippen molar-refractivity contribution in [1.82, 2.24) is 0 Å². The molecule has 0 saturated carbocycles. The van der Waals surface area contributed by atoms with Gasteiger partial charge in [0, 0.05) is 22.9 Å². The van der Waals surface area contributed by atoms with Crippen molar-refractivity contribution < 1.29 is 14.3 Å². The highest BCUT2D eigenvalue weighted by Crippen LogP contribution is 2.40. The lowest BCUT2D eigenvalue weighted by Gasteiger charge is -2.19. The van der Waals surface area contributed by atoms with Crippen molar-refractivity contribution in [3.63, 3.8) is 0 Å². The van der Waals surface area contributed by atoms with Gasteiger partial charge in [-0.05, 0) is 17.5 Å². The second-order valence-electron chi connectivity index (χ2n) is 5.87. The minimum absolute atomic E-state index is 0.0277. The van der Waals surface area contributed by atoms with Gasteiger partial charge in [-0.2, -0.15) is 0 Å². The molecule has 1 heterocycles. The Morgan fingerprint density at radius 2 is 1.89 bits per heavy atom. The van der Waals surface area contributed by atoms with Crippen LogP contribution in [0, 0.1) is 5.41 Å². The number of benzene rings is 1. The number of hydrogen-bond acceptors (Lipinski definition) is 3. The third-order valence-electron chi connectivity index (χ3n) is 3.28. The monoisotopic (exact) mass is 282 g/mol. The lowest BCUT2D eigenvalue weighted by atomic mass is 9.97. The molecule has 0 spiro atoms.